The lowest BCUT2D eigenvalue weighted by atomic mass is 10.0. The van der Waals surface area contributed by atoms with E-state index in [9.17, 15) is 18.3 Å². The van der Waals surface area contributed by atoms with Crippen molar-refractivity contribution in [2.75, 3.05) is 0 Å². The smallest absolute Gasteiger partial charge is 0.373 e. The van der Waals surface area contributed by atoms with Crippen LogP contribution in [0.15, 0.2) is 29.0 Å². The summed E-state index contributed by atoms with van der Waals surface area (Å²) in [4.78, 5) is 4.56. The van der Waals surface area contributed by atoms with Crippen LogP contribution in [0.5, 0.6) is 0 Å². The standard InChI is InChI=1S/C13H15ClF3N3OS/c1-6(18)12-19-5-10(22-12)11(21)20-7-2-3-9(14)8(4-7)13(15,16)17/h3-7,11,20-21H,2,18H2,1H3. The molecule has 122 valence electrons. The van der Waals surface area contributed by atoms with E-state index in [4.69, 9.17) is 17.3 Å². The summed E-state index contributed by atoms with van der Waals surface area (Å²) in [5.41, 5.74) is 4.78. The number of thiazole rings is 1. The third-order valence-electron chi connectivity index (χ3n) is 3.05. The molecule has 4 nitrogen and oxygen atoms in total. The monoisotopic (exact) mass is 353 g/mol. The summed E-state index contributed by atoms with van der Waals surface area (Å²) in [5, 5.41) is 13.1. The molecule has 1 aromatic heterocycles. The largest absolute Gasteiger partial charge is 0.417 e. The molecule has 0 aromatic carbocycles. The van der Waals surface area contributed by atoms with E-state index in [-0.39, 0.29) is 17.5 Å². The zero-order chi connectivity index (χ0) is 16.5. The predicted molar refractivity (Wildman–Crippen MR) is 79.3 cm³/mol. The van der Waals surface area contributed by atoms with Gasteiger partial charge in [0.2, 0.25) is 0 Å². The van der Waals surface area contributed by atoms with Gasteiger partial charge in [-0.25, -0.2) is 4.98 Å². The van der Waals surface area contributed by atoms with Crippen LogP contribution in [0.2, 0.25) is 0 Å². The minimum Gasteiger partial charge on any atom is -0.373 e. The molecule has 1 heterocycles. The maximum atomic E-state index is 12.8. The fourth-order valence-corrected chi connectivity index (χ4v) is 3.03. The summed E-state index contributed by atoms with van der Waals surface area (Å²) in [7, 11) is 0. The van der Waals surface area contributed by atoms with E-state index in [1.54, 1.807) is 6.92 Å². The zero-order valence-electron chi connectivity index (χ0n) is 11.6. The molecule has 0 spiro atoms. The van der Waals surface area contributed by atoms with Crippen molar-refractivity contribution in [3.05, 3.63) is 38.8 Å². The molecule has 0 fully saturated rings. The van der Waals surface area contributed by atoms with Crippen molar-refractivity contribution in [3.63, 3.8) is 0 Å². The molecule has 3 atom stereocenters. The number of halogens is 4. The van der Waals surface area contributed by atoms with Gasteiger partial charge < -0.3 is 10.8 Å². The summed E-state index contributed by atoms with van der Waals surface area (Å²) < 4.78 is 38.4. The molecule has 1 aliphatic carbocycles. The van der Waals surface area contributed by atoms with Crippen molar-refractivity contribution in [2.24, 2.45) is 5.73 Å². The molecule has 0 aliphatic heterocycles. The SMILES string of the molecule is CC(N)c1ncc(C(O)NC2C=C(C(F)(F)F)C(Cl)=CC2)s1. The van der Waals surface area contributed by atoms with Gasteiger partial charge in [0.25, 0.3) is 0 Å². The lowest BCUT2D eigenvalue weighted by Gasteiger charge is -2.23. The number of aliphatic hydroxyl groups is 1. The topological polar surface area (TPSA) is 71.2 Å². The van der Waals surface area contributed by atoms with Gasteiger partial charge in [0.05, 0.1) is 16.5 Å². The third kappa shape index (κ3) is 4.08. The molecule has 0 amide bonds. The lowest BCUT2D eigenvalue weighted by molar-refractivity contribution is -0.0893. The Bertz CT molecular complexity index is 598. The molecule has 22 heavy (non-hydrogen) atoms. The Morgan fingerprint density at radius 1 is 1.55 bits per heavy atom. The quantitative estimate of drug-likeness (QED) is 0.727. The van der Waals surface area contributed by atoms with Gasteiger partial charge in [0.15, 0.2) is 0 Å². The fourth-order valence-electron chi connectivity index (χ4n) is 1.96. The highest BCUT2D eigenvalue weighted by Gasteiger charge is 2.37. The van der Waals surface area contributed by atoms with E-state index < -0.39 is 24.0 Å². The van der Waals surface area contributed by atoms with Crippen molar-refractivity contribution in [1.82, 2.24) is 10.3 Å². The van der Waals surface area contributed by atoms with Crippen LogP contribution in [-0.2, 0) is 0 Å². The molecular weight excluding hydrogens is 339 g/mol. The van der Waals surface area contributed by atoms with Gasteiger partial charge in [-0.05, 0) is 13.3 Å². The van der Waals surface area contributed by atoms with Crippen LogP contribution in [0.25, 0.3) is 0 Å². The van der Waals surface area contributed by atoms with Crippen LogP contribution in [0.1, 0.15) is 35.5 Å². The first-order chi connectivity index (χ1) is 10.2. The van der Waals surface area contributed by atoms with Gasteiger partial charge >= 0.3 is 6.18 Å². The van der Waals surface area contributed by atoms with Gasteiger partial charge in [-0.2, -0.15) is 13.2 Å². The fraction of sp³-hybridized carbons (Fsp3) is 0.462. The van der Waals surface area contributed by atoms with Crippen LogP contribution in [0.4, 0.5) is 13.2 Å². The van der Waals surface area contributed by atoms with Gasteiger partial charge in [0.1, 0.15) is 11.2 Å². The number of alkyl halides is 3. The number of nitrogens with two attached hydrogens (primary N) is 1. The summed E-state index contributed by atoms with van der Waals surface area (Å²) in [6.45, 7) is 1.76. The van der Waals surface area contributed by atoms with Crippen molar-refractivity contribution in [2.45, 2.75) is 37.8 Å². The van der Waals surface area contributed by atoms with E-state index in [1.807, 2.05) is 0 Å². The molecule has 0 saturated heterocycles. The summed E-state index contributed by atoms with van der Waals surface area (Å²) in [6, 6.07) is -0.936. The Morgan fingerprint density at radius 2 is 2.23 bits per heavy atom. The van der Waals surface area contributed by atoms with Crippen LogP contribution in [0, 0.1) is 0 Å². The van der Waals surface area contributed by atoms with E-state index in [2.05, 4.69) is 10.3 Å². The Balaban J connectivity index is 2.08. The predicted octanol–water partition coefficient (Wildman–Crippen LogP) is 3.13. The Labute approximate surface area is 134 Å². The molecule has 9 heteroatoms. The number of hydrogen-bond donors (Lipinski definition) is 3. The minimum atomic E-state index is -4.52. The second-order valence-electron chi connectivity index (χ2n) is 4.93. The molecule has 3 unspecified atom stereocenters. The highest BCUT2D eigenvalue weighted by Crippen LogP contribution is 2.36. The number of aromatic nitrogens is 1. The van der Waals surface area contributed by atoms with Crippen molar-refractivity contribution in [3.8, 4) is 0 Å². The van der Waals surface area contributed by atoms with Crippen molar-refractivity contribution >= 4 is 22.9 Å². The first kappa shape index (κ1) is 17.4. The van der Waals surface area contributed by atoms with Crippen LogP contribution in [-0.4, -0.2) is 22.3 Å². The maximum Gasteiger partial charge on any atom is 0.417 e. The Morgan fingerprint density at radius 3 is 2.77 bits per heavy atom. The lowest BCUT2D eigenvalue weighted by Crippen LogP contribution is -2.33. The van der Waals surface area contributed by atoms with Gasteiger partial charge in [-0.15, -0.1) is 11.3 Å². The zero-order valence-corrected chi connectivity index (χ0v) is 13.1. The van der Waals surface area contributed by atoms with Gasteiger partial charge in [0, 0.05) is 17.3 Å². The molecule has 2 rings (SSSR count). The molecular formula is C13H15ClF3N3OS. The number of nitrogens with one attached hydrogen (secondary N) is 1. The van der Waals surface area contributed by atoms with E-state index in [1.165, 1.54) is 23.6 Å². The summed E-state index contributed by atoms with van der Waals surface area (Å²) >= 11 is 6.80. The van der Waals surface area contributed by atoms with Crippen LogP contribution >= 0.6 is 22.9 Å². The number of rotatable bonds is 4. The minimum absolute atomic E-state index is 0.258. The Hall–Kier alpha value is -0.930. The number of aliphatic hydroxyl groups excluding tert-OH is 1. The van der Waals surface area contributed by atoms with Crippen LogP contribution < -0.4 is 11.1 Å². The third-order valence-corrected chi connectivity index (χ3v) is 4.66. The van der Waals surface area contributed by atoms with Gasteiger partial charge in [-0.1, -0.05) is 23.8 Å². The first-order valence-corrected chi connectivity index (χ1v) is 7.68. The summed E-state index contributed by atoms with van der Waals surface area (Å²) in [6.07, 6.45) is -1.65. The van der Waals surface area contributed by atoms with E-state index >= 15 is 0 Å². The molecule has 1 aliphatic rings. The average molecular weight is 354 g/mol. The van der Waals surface area contributed by atoms with E-state index in [0.717, 1.165) is 6.08 Å². The molecule has 0 bridgehead atoms. The van der Waals surface area contributed by atoms with Crippen LogP contribution in [0.3, 0.4) is 0 Å². The first-order valence-electron chi connectivity index (χ1n) is 6.49. The molecule has 1 aromatic rings. The molecule has 0 radical (unpaired) electrons. The average Bonchev–Trinajstić information content (AvgIpc) is 2.89. The summed E-state index contributed by atoms with van der Waals surface area (Å²) in [5.74, 6) is 0. The van der Waals surface area contributed by atoms with Crippen molar-refractivity contribution < 1.29 is 18.3 Å². The molecule has 4 N–H and O–H groups in total. The highest BCUT2D eigenvalue weighted by molar-refractivity contribution is 7.11. The number of hydrogen-bond acceptors (Lipinski definition) is 5. The highest BCUT2D eigenvalue weighted by atomic mass is 35.5. The number of nitrogens with zero attached hydrogens (tertiary/aromatic N) is 1. The second-order valence-corrected chi connectivity index (χ2v) is 6.43. The second kappa shape index (κ2) is 6.67. The van der Waals surface area contributed by atoms with Gasteiger partial charge in [-0.3, -0.25) is 5.32 Å². The molecule has 0 saturated carbocycles. The van der Waals surface area contributed by atoms with E-state index in [0.29, 0.717) is 9.88 Å². The number of allylic oxidation sites excluding steroid dienone is 2. The Kier molecular flexibility index (Phi) is 5.29. The normalized spacial score (nSPS) is 22.0. The van der Waals surface area contributed by atoms with Crippen molar-refractivity contribution in [1.29, 1.82) is 0 Å². The maximum absolute atomic E-state index is 12.8.